The molecule has 2 heterocycles. The summed E-state index contributed by atoms with van der Waals surface area (Å²) >= 11 is 0. The van der Waals surface area contributed by atoms with Crippen LogP contribution >= 0.6 is 49.6 Å². The lowest BCUT2D eigenvalue weighted by molar-refractivity contribution is -0.123. The number of fused-ring (bicyclic) bond motifs is 1. The van der Waals surface area contributed by atoms with E-state index in [-0.39, 0.29) is 67.5 Å². The molecule has 2 fully saturated rings. The average Bonchev–Trinajstić information content (AvgIpc) is 3.32. The fraction of sp³-hybridized carbons (Fsp3) is 0.722. The number of nitrogens with two attached hydrogens (primary N) is 1. The lowest BCUT2D eigenvalue weighted by Gasteiger charge is -2.27. The van der Waals surface area contributed by atoms with Gasteiger partial charge in [0.15, 0.2) is 17.0 Å². The molecule has 0 amide bonds. The van der Waals surface area contributed by atoms with Crippen LogP contribution in [-0.4, -0.2) is 44.3 Å². The van der Waals surface area contributed by atoms with Crippen molar-refractivity contribution in [1.29, 1.82) is 0 Å². The number of aromatic nitrogens is 4. The van der Waals surface area contributed by atoms with Crippen molar-refractivity contribution in [1.82, 2.24) is 24.9 Å². The maximum absolute atomic E-state index is 12.5. The molecule has 0 aromatic carbocycles. The first-order valence-corrected chi connectivity index (χ1v) is 10.2. The third-order valence-corrected chi connectivity index (χ3v) is 5.74. The Kier molecular flexibility index (Phi) is 13.4. The van der Waals surface area contributed by atoms with Crippen LogP contribution in [0.3, 0.4) is 0 Å². The quantitative estimate of drug-likeness (QED) is 0.378. The van der Waals surface area contributed by atoms with Crippen LogP contribution in [-0.2, 0) is 0 Å². The van der Waals surface area contributed by atoms with Gasteiger partial charge in [-0.05, 0) is 38.5 Å². The molecule has 33 heavy (non-hydrogen) atoms. The maximum atomic E-state index is 12.5. The maximum Gasteiger partial charge on any atom is 0.402 e. The van der Waals surface area contributed by atoms with E-state index >= 15 is 0 Å². The van der Waals surface area contributed by atoms with Gasteiger partial charge in [-0.15, -0.1) is 49.6 Å². The predicted octanol–water partition coefficient (Wildman–Crippen LogP) is 4.79. The van der Waals surface area contributed by atoms with E-state index < -0.39 is 12.7 Å². The van der Waals surface area contributed by atoms with Gasteiger partial charge in [-0.25, -0.2) is 10.4 Å². The summed E-state index contributed by atoms with van der Waals surface area (Å²) in [7, 11) is 0. The molecular weight excluding hydrogens is 527 g/mol. The minimum absolute atomic E-state index is 0. The highest BCUT2D eigenvalue weighted by Crippen LogP contribution is 2.33. The lowest BCUT2D eigenvalue weighted by atomic mass is 9.92. The Hall–Kier alpha value is -0.980. The van der Waals surface area contributed by atoms with Gasteiger partial charge in [-0.2, -0.15) is 23.1 Å². The van der Waals surface area contributed by atoms with Gasteiger partial charge >= 0.3 is 6.18 Å². The highest BCUT2D eigenvalue weighted by molar-refractivity contribution is 5.86. The second kappa shape index (κ2) is 13.8. The number of anilines is 2. The van der Waals surface area contributed by atoms with Crippen LogP contribution in [0.15, 0.2) is 6.33 Å². The van der Waals surface area contributed by atoms with Crippen LogP contribution in [0.1, 0.15) is 57.4 Å². The lowest BCUT2D eigenvalue weighted by Crippen LogP contribution is -2.34. The van der Waals surface area contributed by atoms with Crippen LogP contribution in [0.2, 0.25) is 0 Å². The first-order valence-electron chi connectivity index (χ1n) is 10.2. The van der Waals surface area contributed by atoms with Gasteiger partial charge < -0.3 is 21.0 Å². The van der Waals surface area contributed by atoms with Crippen LogP contribution in [0.4, 0.5) is 24.9 Å². The number of halogens is 7. The molecule has 0 aliphatic heterocycles. The molecule has 0 spiro atoms. The molecule has 0 unspecified atom stereocenters. The van der Waals surface area contributed by atoms with Crippen molar-refractivity contribution < 1.29 is 13.2 Å². The summed E-state index contributed by atoms with van der Waals surface area (Å²) in [6, 6.07) is 0.738. The summed E-state index contributed by atoms with van der Waals surface area (Å²) < 4.78 is 39.6. The molecule has 0 atom stereocenters. The largest absolute Gasteiger partial charge is 0.402 e. The summed E-state index contributed by atoms with van der Waals surface area (Å²) in [6.45, 7) is -1.18. The van der Waals surface area contributed by atoms with Crippen LogP contribution < -0.4 is 21.9 Å². The number of alkyl halides is 3. The van der Waals surface area contributed by atoms with Crippen molar-refractivity contribution >= 4 is 72.6 Å². The Bertz CT molecular complexity index is 840. The van der Waals surface area contributed by atoms with E-state index in [1.54, 1.807) is 6.33 Å². The fourth-order valence-electron chi connectivity index (χ4n) is 4.19. The molecule has 2 saturated carbocycles. The van der Waals surface area contributed by atoms with E-state index in [1.165, 1.54) is 0 Å². The summed E-state index contributed by atoms with van der Waals surface area (Å²) in [5.74, 6) is 0.639. The molecule has 0 saturated heterocycles. The van der Waals surface area contributed by atoms with Crippen molar-refractivity contribution in [2.75, 3.05) is 17.3 Å². The van der Waals surface area contributed by atoms with Gasteiger partial charge in [0.05, 0.1) is 6.33 Å². The van der Waals surface area contributed by atoms with Crippen molar-refractivity contribution in [3.05, 3.63) is 6.33 Å². The van der Waals surface area contributed by atoms with E-state index in [4.69, 9.17) is 5.73 Å². The average molecular weight is 558 g/mol. The summed E-state index contributed by atoms with van der Waals surface area (Å²) in [5.41, 5.74) is 11.8. The molecule has 2 aromatic rings. The normalized spacial score (nSPS) is 20.7. The molecule has 15 heteroatoms. The number of hydrazine groups is 1. The fourth-order valence-corrected chi connectivity index (χ4v) is 4.19. The third kappa shape index (κ3) is 8.32. The zero-order valence-corrected chi connectivity index (χ0v) is 21.1. The van der Waals surface area contributed by atoms with Crippen molar-refractivity contribution in [2.45, 2.75) is 75.7 Å². The SMILES string of the molecule is Cl.Cl.Cl.Cl.NC1CCC(Nc2nc(NNCC(F)(F)F)c3ncn(C4CCCC4)c3n2)CC1. The molecule has 0 bridgehead atoms. The molecule has 5 N–H and O–H groups in total. The Balaban J connectivity index is 0.00000256. The molecule has 8 nitrogen and oxygen atoms in total. The van der Waals surface area contributed by atoms with Crippen molar-refractivity contribution in [3.8, 4) is 0 Å². The predicted molar refractivity (Wildman–Crippen MR) is 133 cm³/mol. The molecule has 2 aliphatic rings. The molecule has 192 valence electrons. The van der Waals surface area contributed by atoms with Crippen molar-refractivity contribution in [2.24, 2.45) is 5.73 Å². The number of nitrogens with zero attached hydrogens (tertiary/aromatic N) is 4. The van der Waals surface area contributed by atoms with E-state index in [0.29, 0.717) is 23.2 Å². The summed E-state index contributed by atoms with van der Waals surface area (Å²) in [6.07, 6.45) is 5.48. The number of rotatable bonds is 6. The van der Waals surface area contributed by atoms with E-state index in [0.717, 1.165) is 51.4 Å². The zero-order valence-electron chi connectivity index (χ0n) is 17.8. The Morgan fingerprint density at radius 3 is 2.21 bits per heavy atom. The second-order valence-corrected chi connectivity index (χ2v) is 8.01. The minimum atomic E-state index is -4.33. The van der Waals surface area contributed by atoms with Crippen LogP contribution in [0.25, 0.3) is 11.2 Å². The first kappa shape index (κ1) is 32.0. The van der Waals surface area contributed by atoms with E-state index in [2.05, 4.69) is 31.1 Å². The van der Waals surface area contributed by atoms with Crippen LogP contribution in [0.5, 0.6) is 0 Å². The zero-order chi connectivity index (χ0) is 20.4. The Morgan fingerprint density at radius 2 is 1.61 bits per heavy atom. The highest BCUT2D eigenvalue weighted by Gasteiger charge is 2.27. The molecular formula is C18H31Cl4F3N8. The summed E-state index contributed by atoms with van der Waals surface area (Å²) in [4.78, 5) is 13.5. The van der Waals surface area contributed by atoms with Gasteiger partial charge in [-0.3, -0.25) is 0 Å². The van der Waals surface area contributed by atoms with Crippen LogP contribution in [0, 0.1) is 0 Å². The van der Waals surface area contributed by atoms with Crippen molar-refractivity contribution in [3.63, 3.8) is 0 Å². The van der Waals surface area contributed by atoms with Gasteiger partial charge in [0.25, 0.3) is 0 Å². The highest BCUT2D eigenvalue weighted by atomic mass is 35.5. The Morgan fingerprint density at radius 1 is 0.970 bits per heavy atom. The molecule has 0 radical (unpaired) electrons. The Labute approximate surface area is 215 Å². The number of hydrogen-bond donors (Lipinski definition) is 4. The third-order valence-electron chi connectivity index (χ3n) is 5.74. The monoisotopic (exact) mass is 556 g/mol. The smallest absolute Gasteiger partial charge is 0.351 e. The topological polar surface area (TPSA) is 106 Å². The molecule has 2 aliphatic carbocycles. The second-order valence-electron chi connectivity index (χ2n) is 8.01. The molecule has 4 rings (SSSR count). The van der Waals surface area contributed by atoms with Gasteiger partial charge in [0.2, 0.25) is 5.95 Å². The van der Waals surface area contributed by atoms with Gasteiger partial charge in [0, 0.05) is 18.1 Å². The van der Waals surface area contributed by atoms with E-state index in [1.807, 2.05) is 4.57 Å². The standard InChI is InChI=1S/C18H27F3N8.4ClH/c19-18(20,21)9-24-28-15-14-16(29(10-23-14)13-3-1-2-4-13)27-17(26-15)25-12-7-5-11(22)6-8-12;;;;/h10-13,24H,1-9,22H2,(H2,25,26,27,28);4*1H. The van der Waals surface area contributed by atoms with Gasteiger partial charge in [0.1, 0.15) is 6.54 Å². The minimum Gasteiger partial charge on any atom is -0.351 e. The van der Waals surface area contributed by atoms with Gasteiger partial charge in [-0.1, -0.05) is 12.8 Å². The number of imidazole rings is 1. The van der Waals surface area contributed by atoms with E-state index in [9.17, 15) is 13.2 Å². The molecule has 2 aromatic heterocycles. The number of nitrogens with one attached hydrogen (secondary N) is 3. The first-order chi connectivity index (χ1) is 13.9. The summed E-state index contributed by atoms with van der Waals surface area (Å²) in [5, 5.41) is 3.34. The number of hydrogen-bond acceptors (Lipinski definition) is 7.